The maximum atomic E-state index is 5.71. The van der Waals surface area contributed by atoms with Crippen molar-refractivity contribution < 1.29 is 4.74 Å². The zero-order valence-corrected chi connectivity index (χ0v) is 14.9. The van der Waals surface area contributed by atoms with E-state index in [0.29, 0.717) is 6.61 Å². The number of hydrogen-bond donors (Lipinski definition) is 1. The molecule has 108 valence electrons. The molecule has 0 aliphatic carbocycles. The number of unbranched alkanes of at least 4 members (excludes halogenated alkanes) is 3. The van der Waals surface area contributed by atoms with Gasteiger partial charge in [-0.2, -0.15) is 0 Å². The quantitative estimate of drug-likeness (QED) is 0.577. The van der Waals surface area contributed by atoms with E-state index in [1.165, 1.54) is 31.2 Å². The molecule has 0 bridgehead atoms. The van der Waals surface area contributed by atoms with Crippen molar-refractivity contribution in [3.8, 4) is 5.75 Å². The predicted octanol–water partition coefficient (Wildman–Crippen LogP) is 5.28. The molecule has 0 aromatic heterocycles. The van der Waals surface area contributed by atoms with Gasteiger partial charge in [0.25, 0.3) is 0 Å². The Morgan fingerprint density at radius 2 is 1.89 bits per heavy atom. The maximum absolute atomic E-state index is 5.71. The van der Waals surface area contributed by atoms with Crippen molar-refractivity contribution in [3.05, 3.63) is 26.6 Å². The Kier molecular flexibility index (Phi) is 8.75. The van der Waals surface area contributed by atoms with Crippen LogP contribution in [-0.4, -0.2) is 13.2 Å². The van der Waals surface area contributed by atoms with E-state index in [1.807, 2.05) is 13.0 Å². The van der Waals surface area contributed by atoms with E-state index in [1.54, 1.807) is 0 Å². The predicted molar refractivity (Wildman–Crippen MR) is 88.9 cm³/mol. The zero-order chi connectivity index (χ0) is 14.1. The van der Waals surface area contributed by atoms with Crippen molar-refractivity contribution in [2.75, 3.05) is 13.2 Å². The van der Waals surface area contributed by atoms with Gasteiger partial charge in [0.05, 0.1) is 11.1 Å². The van der Waals surface area contributed by atoms with Crippen LogP contribution in [0.15, 0.2) is 21.1 Å². The highest BCUT2D eigenvalue weighted by molar-refractivity contribution is 9.11. The Balaban J connectivity index is 2.51. The molecule has 0 atom stereocenters. The molecule has 1 aromatic rings. The molecule has 0 heterocycles. The average molecular weight is 393 g/mol. The van der Waals surface area contributed by atoms with Crippen molar-refractivity contribution in [2.45, 2.75) is 46.1 Å². The second-order valence-electron chi connectivity index (χ2n) is 4.55. The van der Waals surface area contributed by atoms with Crippen LogP contribution in [0.1, 0.15) is 45.1 Å². The minimum atomic E-state index is 0.684. The number of ether oxygens (including phenoxy) is 1. The third kappa shape index (κ3) is 6.28. The summed E-state index contributed by atoms with van der Waals surface area (Å²) in [6, 6.07) is 4.14. The third-order valence-corrected chi connectivity index (χ3v) is 3.94. The van der Waals surface area contributed by atoms with Crippen LogP contribution in [0.25, 0.3) is 0 Å². The maximum Gasteiger partial charge on any atom is 0.138 e. The van der Waals surface area contributed by atoms with Crippen LogP contribution >= 0.6 is 31.9 Å². The molecule has 0 saturated heterocycles. The molecule has 19 heavy (non-hydrogen) atoms. The highest BCUT2D eigenvalue weighted by Gasteiger charge is 2.09. The van der Waals surface area contributed by atoms with E-state index >= 15 is 0 Å². The highest BCUT2D eigenvalue weighted by Crippen LogP contribution is 2.32. The summed E-state index contributed by atoms with van der Waals surface area (Å²) >= 11 is 7.09. The van der Waals surface area contributed by atoms with Crippen LogP contribution in [0.5, 0.6) is 5.75 Å². The molecule has 0 unspecified atom stereocenters. The first-order chi connectivity index (χ1) is 9.19. The number of nitrogens with one attached hydrogen (secondary N) is 1. The SMILES string of the molecule is CCCCCCNCc1cc(Br)cc(Br)c1OCC. The van der Waals surface area contributed by atoms with Gasteiger partial charge in [-0.25, -0.2) is 0 Å². The van der Waals surface area contributed by atoms with E-state index in [0.717, 1.165) is 27.8 Å². The summed E-state index contributed by atoms with van der Waals surface area (Å²) in [5.74, 6) is 0.951. The summed E-state index contributed by atoms with van der Waals surface area (Å²) in [6.45, 7) is 6.84. The number of rotatable bonds is 9. The van der Waals surface area contributed by atoms with Gasteiger partial charge in [-0.05, 0) is 48.0 Å². The molecule has 0 saturated carbocycles. The van der Waals surface area contributed by atoms with Crippen LogP contribution < -0.4 is 10.1 Å². The van der Waals surface area contributed by atoms with Gasteiger partial charge in [-0.15, -0.1) is 0 Å². The van der Waals surface area contributed by atoms with Crippen molar-refractivity contribution in [1.29, 1.82) is 0 Å². The third-order valence-electron chi connectivity index (χ3n) is 2.90. The molecule has 0 fully saturated rings. The normalized spacial score (nSPS) is 10.7. The largest absolute Gasteiger partial charge is 0.492 e. The summed E-state index contributed by atoms with van der Waals surface area (Å²) < 4.78 is 7.79. The lowest BCUT2D eigenvalue weighted by molar-refractivity contribution is 0.333. The minimum Gasteiger partial charge on any atom is -0.492 e. The Hall–Kier alpha value is -0.0600. The van der Waals surface area contributed by atoms with Crippen LogP contribution in [0, 0.1) is 0 Å². The molecule has 1 N–H and O–H groups in total. The van der Waals surface area contributed by atoms with E-state index in [4.69, 9.17) is 4.74 Å². The van der Waals surface area contributed by atoms with Crippen molar-refractivity contribution in [3.63, 3.8) is 0 Å². The molecule has 2 nitrogen and oxygen atoms in total. The van der Waals surface area contributed by atoms with Gasteiger partial charge in [0, 0.05) is 16.6 Å². The van der Waals surface area contributed by atoms with Gasteiger partial charge < -0.3 is 10.1 Å². The standard InChI is InChI=1S/C15H23Br2NO/c1-3-5-6-7-8-18-11-12-9-13(16)10-14(17)15(12)19-4-2/h9-10,18H,3-8,11H2,1-2H3. The monoisotopic (exact) mass is 391 g/mol. The lowest BCUT2D eigenvalue weighted by Crippen LogP contribution is -2.15. The van der Waals surface area contributed by atoms with Gasteiger partial charge in [0.1, 0.15) is 5.75 Å². The van der Waals surface area contributed by atoms with Crippen LogP contribution in [0.3, 0.4) is 0 Å². The van der Waals surface area contributed by atoms with Crippen molar-refractivity contribution >= 4 is 31.9 Å². The molecule has 0 spiro atoms. The Bertz CT molecular complexity index is 383. The summed E-state index contributed by atoms with van der Waals surface area (Å²) in [5.41, 5.74) is 1.19. The molecule has 0 aliphatic rings. The van der Waals surface area contributed by atoms with Gasteiger partial charge in [0.2, 0.25) is 0 Å². The van der Waals surface area contributed by atoms with Crippen molar-refractivity contribution in [1.82, 2.24) is 5.32 Å². The Labute approximate surface area is 133 Å². The van der Waals surface area contributed by atoms with E-state index in [9.17, 15) is 0 Å². The first-order valence-corrected chi connectivity index (χ1v) is 8.59. The first kappa shape index (κ1) is 17.0. The molecule has 0 radical (unpaired) electrons. The van der Waals surface area contributed by atoms with E-state index < -0.39 is 0 Å². The Morgan fingerprint density at radius 1 is 1.11 bits per heavy atom. The molecular weight excluding hydrogens is 370 g/mol. The Morgan fingerprint density at radius 3 is 2.58 bits per heavy atom. The minimum absolute atomic E-state index is 0.684. The summed E-state index contributed by atoms with van der Waals surface area (Å²) in [5, 5.41) is 3.49. The van der Waals surface area contributed by atoms with Crippen LogP contribution in [0.4, 0.5) is 0 Å². The lowest BCUT2D eigenvalue weighted by Gasteiger charge is -2.13. The number of hydrogen-bond acceptors (Lipinski definition) is 2. The molecule has 4 heteroatoms. The van der Waals surface area contributed by atoms with E-state index in [2.05, 4.69) is 50.2 Å². The van der Waals surface area contributed by atoms with Gasteiger partial charge in [-0.3, -0.25) is 0 Å². The highest BCUT2D eigenvalue weighted by atomic mass is 79.9. The topological polar surface area (TPSA) is 21.3 Å². The number of halogens is 2. The fourth-order valence-corrected chi connectivity index (χ4v) is 3.38. The first-order valence-electron chi connectivity index (χ1n) is 7.00. The summed E-state index contributed by atoms with van der Waals surface area (Å²) in [6.07, 6.45) is 5.17. The van der Waals surface area contributed by atoms with E-state index in [-0.39, 0.29) is 0 Å². The van der Waals surface area contributed by atoms with Gasteiger partial charge in [0.15, 0.2) is 0 Å². The summed E-state index contributed by atoms with van der Waals surface area (Å²) in [7, 11) is 0. The molecule has 1 aromatic carbocycles. The molecule has 1 rings (SSSR count). The second kappa shape index (κ2) is 9.78. The summed E-state index contributed by atoms with van der Waals surface area (Å²) in [4.78, 5) is 0. The van der Waals surface area contributed by atoms with Gasteiger partial charge >= 0.3 is 0 Å². The van der Waals surface area contributed by atoms with Crippen LogP contribution in [-0.2, 0) is 6.54 Å². The molecule has 0 amide bonds. The van der Waals surface area contributed by atoms with Gasteiger partial charge in [-0.1, -0.05) is 42.1 Å². The zero-order valence-electron chi connectivity index (χ0n) is 11.8. The number of benzene rings is 1. The lowest BCUT2D eigenvalue weighted by atomic mass is 10.2. The molecule has 0 aliphatic heterocycles. The fourth-order valence-electron chi connectivity index (χ4n) is 1.95. The second-order valence-corrected chi connectivity index (χ2v) is 6.32. The smallest absolute Gasteiger partial charge is 0.138 e. The van der Waals surface area contributed by atoms with Crippen molar-refractivity contribution in [2.24, 2.45) is 0 Å². The average Bonchev–Trinajstić information content (AvgIpc) is 2.37. The van der Waals surface area contributed by atoms with Crippen LogP contribution in [0.2, 0.25) is 0 Å². The fraction of sp³-hybridized carbons (Fsp3) is 0.600. The molecular formula is C15H23Br2NO.